The molecule has 2 rings (SSSR count). The highest BCUT2D eigenvalue weighted by Crippen LogP contribution is 2.15. The number of anilines is 1. The fraction of sp³-hybridized carbons (Fsp3) is 0.308. The molecule has 1 unspecified atom stereocenters. The zero-order valence-corrected chi connectivity index (χ0v) is 10.7. The average Bonchev–Trinajstić information content (AvgIpc) is 2.82. The number of carbonyl (C=O) groups excluding carboxylic acids is 1. The van der Waals surface area contributed by atoms with Gasteiger partial charge in [0.25, 0.3) is 0 Å². The lowest BCUT2D eigenvalue weighted by Crippen LogP contribution is -2.16. The van der Waals surface area contributed by atoms with E-state index < -0.39 is 0 Å². The minimum absolute atomic E-state index is 0.121. The molecule has 0 spiro atoms. The zero-order valence-electron chi connectivity index (χ0n) is 10.7. The molecule has 0 fully saturated rings. The summed E-state index contributed by atoms with van der Waals surface area (Å²) < 4.78 is 4.80. The molecule has 0 aliphatic rings. The van der Waals surface area contributed by atoms with Gasteiger partial charge in [-0.15, -0.1) is 0 Å². The topological polar surface area (TPSA) is 94.0 Å². The molecule has 1 amide bonds. The molecule has 0 bridgehead atoms. The maximum absolute atomic E-state index is 11.7. The number of hydrogen-bond donors (Lipinski definition) is 2. The molecule has 0 saturated carbocycles. The van der Waals surface area contributed by atoms with Crippen LogP contribution >= 0.6 is 0 Å². The van der Waals surface area contributed by atoms with E-state index in [2.05, 4.69) is 15.5 Å². The van der Waals surface area contributed by atoms with Crippen molar-refractivity contribution in [3.8, 4) is 0 Å². The Hall–Kier alpha value is -2.21. The van der Waals surface area contributed by atoms with Gasteiger partial charge in [-0.25, -0.2) is 0 Å². The van der Waals surface area contributed by atoms with Gasteiger partial charge in [-0.3, -0.25) is 10.1 Å². The number of nitrogens with one attached hydrogen (secondary N) is 1. The van der Waals surface area contributed by atoms with Crippen LogP contribution in [0.5, 0.6) is 0 Å². The highest BCUT2D eigenvalue weighted by atomic mass is 16.5. The first kappa shape index (κ1) is 13.2. The van der Waals surface area contributed by atoms with Gasteiger partial charge in [-0.2, -0.15) is 4.98 Å². The van der Waals surface area contributed by atoms with Crippen LogP contribution in [0.2, 0.25) is 0 Å². The second-order valence-corrected chi connectivity index (χ2v) is 4.25. The summed E-state index contributed by atoms with van der Waals surface area (Å²) in [6.45, 7) is 1.68. The van der Waals surface area contributed by atoms with Crippen LogP contribution in [0.4, 0.5) is 6.01 Å². The number of rotatable bonds is 5. The third-order valence-corrected chi connectivity index (χ3v) is 2.68. The van der Waals surface area contributed by atoms with Crippen molar-refractivity contribution in [1.82, 2.24) is 10.1 Å². The van der Waals surface area contributed by atoms with Gasteiger partial charge in [0.1, 0.15) is 0 Å². The van der Waals surface area contributed by atoms with Crippen LogP contribution in [-0.2, 0) is 4.79 Å². The van der Waals surface area contributed by atoms with E-state index in [-0.39, 0.29) is 18.0 Å². The zero-order chi connectivity index (χ0) is 13.7. The SMILES string of the molecule is Cc1noc(NC(=O)CCC(N)c2ccccc2)n1. The Labute approximate surface area is 111 Å². The number of hydrogen-bond acceptors (Lipinski definition) is 5. The highest BCUT2D eigenvalue weighted by Gasteiger charge is 2.11. The summed E-state index contributed by atoms with van der Waals surface area (Å²) in [6, 6.07) is 9.65. The van der Waals surface area contributed by atoms with Gasteiger partial charge < -0.3 is 10.3 Å². The van der Waals surface area contributed by atoms with Crippen molar-refractivity contribution in [3.05, 3.63) is 41.7 Å². The van der Waals surface area contributed by atoms with E-state index in [9.17, 15) is 4.79 Å². The van der Waals surface area contributed by atoms with Gasteiger partial charge in [0, 0.05) is 12.5 Å². The Balaban J connectivity index is 1.80. The fourth-order valence-electron chi connectivity index (χ4n) is 1.68. The van der Waals surface area contributed by atoms with Crippen LogP contribution < -0.4 is 11.1 Å². The van der Waals surface area contributed by atoms with Crippen molar-refractivity contribution in [3.63, 3.8) is 0 Å². The van der Waals surface area contributed by atoms with E-state index in [1.165, 1.54) is 0 Å². The summed E-state index contributed by atoms with van der Waals surface area (Å²) in [5.41, 5.74) is 7.03. The van der Waals surface area contributed by atoms with E-state index >= 15 is 0 Å². The van der Waals surface area contributed by atoms with E-state index in [4.69, 9.17) is 10.3 Å². The second-order valence-electron chi connectivity index (χ2n) is 4.25. The van der Waals surface area contributed by atoms with Crippen molar-refractivity contribution in [2.45, 2.75) is 25.8 Å². The molecule has 1 atom stereocenters. The normalized spacial score (nSPS) is 12.1. The van der Waals surface area contributed by atoms with Gasteiger partial charge in [0.05, 0.1) is 0 Å². The summed E-state index contributed by atoms with van der Waals surface area (Å²) in [6.07, 6.45) is 0.862. The molecule has 6 nitrogen and oxygen atoms in total. The second kappa shape index (κ2) is 6.10. The molecule has 0 aliphatic carbocycles. The molecule has 0 aliphatic heterocycles. The van der Waals surface area contributed by atoms with Crippen molar-refractivity contribution >= 4 is 11.9 Å². The third-order valence-electron chi connectivity index (χ3n) is 2.68. The van der Waals surface area contributed by atoms with Crippen LogP contribution in [0.15, 0.2) is 34.9 Å². The number of nitrogens with two attached hydrogens (primary N) is 1. The predicted molar refractivity (Wildman–Crippen MR) is 70.3 cm³/mol. The molecule has 6 heteroatoms. The highest BCUT2D eigenvalue weighted by molar-refractivity contribution is 5.88. The van der Waals surface area contributed by atoms with E-state index in [1.807, 2.05) is 30.3 Å². The van der Waals surface area contributed by atoms with Crippen LogP contribution in [0.1, 0.15) is 30.3 Å². The maximum atomic E-state index is 11.7. The summed E-state index contributed by atoms with van der Waals surface area (Å²) in [4.78, 5) is 15.6. The number of nitrogens with zero attached hydrogens (tertiary/aromatic N) is 2. The molecule has 1 aromatic heterocycles. The molecular weight excluding hydrogens is 244 g/mol. The molecular formula is C13H16N4O2. The van der Waals surface area contributed by atoms with E-state index in [1.54, 1.807) is 6.92 Å². The lowest BCUT2D eigenvalue weighted by molar-refractivity contribution is -0.116. The molecule has 1 aromatic carbocycles. The largest absolute Gasteiger partial charge is 0.328 e. The van der Waals surface area contributed by atoms with Gasteiger partial charge in [-0.1, -0.05) is 35.5 Å². The number of benzene rings is 1. The molecule has 3 N–H and O–H groups in total. The van der Waals surface area contributed by atoms with Gasteiger partial charge >= 0.3 is 6.01 Å². The fourth-order valence-corrected chi connectivity index (χ4v) is 1.68. The monoisotopic (exact) mass is 260 g/mol. The lowest BCUT2D eigenvalue weighted by Gasteiger charge is -2.10. The first-order valence-electron chi connectivity index (χ1n) is 6.06. The number of aromatic nitrogens is 2. The third kappa shape index (κ3) is 3.89. The minimum atomic E-state index is -0.185. The molecule has 0 saturated heterocycles. The first-order chi connectivity index (χ1) is 9.15. The summed E-state index contributed by atoms with van der Waals surface area (Å²) in [5, 5.41) is 6.12. The number of carbonyl (C=O) groups is 1. The molecule has 19 heavy (non-hydrogen) atoms. The van der Waals surface area contributed by atoms with Gasteiger partial charge in [0.15, 0.2) is 5.82 Å². The Morgan fingerprint density at radius 3 is 2.79 bits per heavy atom. The Bertz CT molecular complexity index is 539. The Kier molecular flexibility index (Phi) is 4.25. The van der Waals surface area contributed by atoms with Crippen molar-refractivity contribution in [2.24, 2.45) is 5.73 Å². The van der Waals surface area contributed by atoms with E-state index in [0.29, 0.717) is 18.7 Å². The van der Waals surface area contributed by atoms with Gasteiger partial charge in [-0.05, 0) is 18.9 Å². The maximum Gasteiger partial charge on any atom is 0.328 e. The molecule has 0 radical (unpaired) electrons. The number of aryl methyl sites for hydroxylation is 1. The van der Waals surface area contributed by atoms with Crippen molar-refractivity contribution in [1.29, 1.82) is 0 Å². The standard InChI is InChI=1S/C13H16N4O2/c1-9-15-13(19-17-9)16-12(18)8-7-11(14)10-5-3-2-4-6-10/h2-6,11H,7-8,14H2,1H3,(H,15,16,17,18). The number of amides is 1. The summed E-state index contributed by atoms with van der Waals surface area (Å²) in [7, 11) is 0. The molecule has 100 valence electrons. The van der Waals surface area contributed by atoms with Crippen LogP contribution in [0.25, 0.3) is 0 Å². The Morgan fingerprint density at radius 2 is 2.16 bits per heavy atom. The average molecular weight is 260 g/mol. The molecule has 1 heterocycles. The Morgan fingerprint density at radius 1 is 1.42 bits per heavy atom. The van der Waals surface area contributed by atoms with Crippen molar-refractivity contribution < 1.29 is 9.32 Å². The van der Waals surface area contributed by atoms with Crippen LogP contribution in [-0.4, -0.2) is 16.0 Å². The quantitative estimate of drug-likeness (QED) is 0.854. The first-order valence-corrected chi connectivity index (χ1v) is 6.06. The summed E-state index contributed by atoms with van der Waals surface area (Å²) >= 11 is 0. The lowest BCUT2D eigenvalue weighted by atomic mass is 10.0. The van der Waals surface area contributed by atoms with E-state index in [0.717, 1.165) is 5.56 Å². The van der Waals surface area contributed by atoms with Crippen molar-refractivity contribution in [2.75, 3.05) is 5.32 Å². The van der Waals surface area contributed by atoms with Crippen LogP contribution in [0, 0.1) is 6.92 Å². The molecule has 2 aromatic rings. The predicted octanol–water partition coefficient (Wildman–Crippen LogP) is 1.80. The summed E-state index contributed by atoms with van der Waals surface area (Å²) in [5.74, 6) is 0.298. The van der Waals surface area contributed by atoms with Crippen LogP contribution in [0.3, 0.4) is 0 Å². The smallest absolute Gasteiger partial charge is 0.324 e. The minimum Gasteiger partial charge on any atom is -0.324 e. The van der Waals surface area contributed by atoms with Gasteiger partial charge in [0.2, 0.25) is 5.91 Å².